The van der Waals surface area contributed by atoms with Gasteiger partial charge in [0.25, 0.3) is 12.1 Å². The molecule has 0 unspecified atom stereocenters. The van der Waals surface area contributed by atoms with E-state index in [9.17, 15) is 14.7 Å². The molecule has 1 aromatic carbocycles. The number of nitrogens with zero attached hydrogens (tertiary/aromatic N) is 4. The Morgan fingerprint density at radius 2 is 1.97 bits per heavy atom. The first-order valence-corrected chi connectivity index (χ1v) is 9.39. The lowest BCUT2D eigenvalue weighted by Gasteiger charge is -2.21. The minimum atomic E-state index is -0.788. The lowest BCUT2D eigenvalue weighted by molar-refractivity contribution is -0.766. The number of carbonyl (C=O) groups is 2. The highest BCUT2D eigenvalue weighted by Gasteiger charge is 2.51. The maximum atomic E-state index is 12.6. The lowest BCUT2D eigenvalue weighted by atomic mass is 9.95. The van der Waals surface area contributed by atoms with Crippen molar-refractivity contribution in [3.05, 3.63) is 76.4 Å². The Morgan fingerprint density at radius 1 is 1.23 bits per heavy atom. The van der Waals surface area contributed by atoms with Crippen molar-refractivity contribution in [3.63, 3.8) is 0 Å². The van der Waals surface area contributed by atoms with Gasteiger partial charge in [0.1, 0.15) is 17.8 Å². The molecule has 4 atom stereocenters. The summed E-state index contributed by atoms with van der Waals surface area (Å²) in [4.78, 5) is 26.9. The number of aliphatic hydroxyl groups excluding tert-OH is 1. The van der Waals surface area contributed by atoms with Crippen LogP contribution in [0.5, 0.6) is 0 Å². The number of pyridine rings is 1. The fourth-order valence-electron chi connectivity index (χ4n) is 3.52. The fourth-order valence-corrected chi connectivity index (χ4v) is 3.52. The third kappa shape index (κ3) is 4.74. The van der Waals surface area contributed by atoms with Crippen molar-refractivity contribution in [1.82, 2.24) is 0 Å². The molecule has 0 aliphatic carbocycles. The van der Waals surface area contributed by atoms with Gasteiger partial charge in [-0.2, -0.15) is 4.57 Å². The van der Waals surface area contributed by atoms with Crippen LogP contribution in [0.1, 0.15) is 33.4 Å². The number of esters is 1. The second kappa shape index (κ2) is 9.84. The molecule has 0 saturated carbocycles. The summed E-state index contributed by atoms with van der Waals surface area (Å²) in [5.41, 5.74) is 14.6. The van der Waals surface area contributed by atoms with E-state index in [1.54, 1.807) is 53.2 Å². The average molecular weight is 412 g/mol. The Morgan fingerprint density at radius 3 is 2.63 bits per heavy atom. The number of hydrogen-bond acceptors (Lipinski definition) is 6. The van der Waals surface area contributed by atoms with E-state index in [0.717, 1.165) is 0 Å². The van der Waals surface area contributed by atoms with Crippen molar-refractivity contribution in [1.29, 1.82) is 0 Å². The molecule has 3 N–H and O–H groups in total. The Hall–Kier alpha value is -3.46. The number of benzene rings is 1. The van der Waals surface area contributed by atoms with Crippen LogP contribution in [0.15, 0.2) is 60.0 Å². The summed E-state index contributed by atoms with van der Waals surface area (Å²) in [6, 6.07) is 11.7. The predicted molar refractivity (Wildman–Crippen MR) is 104 cm³/mol. The molecule has 30 heavy (non-hydrogen) atoms. The molecule has 0 spiro atoms. The number of azide groups is 1. The van der Waals surface area contributed by atoms with Crippen LogP contribution in [0.25, 0.3) is 10.4 Å². The minimum absolute atomic E-state index is 0.147. The van der Waals surface area contributed by atoms with Gasteiger partial charge in [0.15, 0.2) is 12.4 Å². The van der Waals surface area contributed by atoms with Crippen molar-refractivity contribution < 1.29 is 28.7 Å². The molecule has 156 valence electrons. The third-order valence-corrected chi connectivity index (χ3v) is 4.93. The zero-order valence-corrected chi connectivity index (χ0v) is 16.1. The first-order valence-electron chi connectivity index (χ1n) is 9.39. The van der Waals surface area contributed by atoms with Gasteiger partial charge in [-0.25, -0.2) is 4.79 Å². The highest BCUT2D eigenvalue weighted by atomic mass is 16.6. The third-order valence-electron chi connectivity index (χ3n) is 4.93. The normalized spacial score (nSPS) is 22.8. The van der Waals surface area contributed by atoms with Crippen molar-refractivity contribution in [2.45, 2.75) is 24.9 Å². The molecule has 1 aliphatic heterocycles. The van der Waals surface area contributed by atoms with E-state index in [4.69, 9.17) is 20.7 Å². The second-order valence-corrected chi connectivity index (χ2v) is 6.79. The summed E-state index contributed by atoms with van der Waals surface area (Å²) in [7, 11) is 0. The lowest BCUT2D eigenvalue weighted by Crippen LogP contribution is -2.44. The SMILES string of the molecule is [N-]=[N+]=NCC[C@@H]1[C@H](OC(=O)c2ccccc2)[C@@H](CO)O[C@H]1[n+]1cccc(C(N)=O)c1. The first-order chi connectivity index (χ1) is 14.5. The highest BCUT2D eigenvalue weighted by molar-refractivity contribution is 5.92. The highest BCUT2D eigenvalue weighted by Crippen LogP contribution is 2.36. The van der Waals surface area contributed by atoms with E-state index in [2.05, 4.69) is 10.0 Å². The van der Waals surface area contributed by atoms with Crippen LogP contribution in [0, 0.1) is 5.92 Å². The molecule has 3 rings (SSSR count). The van der Waals surface area contributed by atoms with Crippen LogP contribution < -0.4 is 10.3 Å². The molecular formula is C20H22N5O5+. The molecule has 1 fully saturated rings. The second-order valence-electron chi connectivity index (χ2n) is 6.79. The molecule has 0 radical (unpaired) electrons. The predicted octanol–water partition coefficient (Wildman–Crippen LogP) is 1.50. The quantitative estimate of drug-likeness (QED) is 0.221. The zero-order valence-electron chi connectivity index (χ0n) is 16.1. The Bertz CT molecular complexity index is 948. The van der Waals surface area contributed by atoms with Gasteiger partial charge in [-0.3, -0.25) is 4.79 Å². The molecule has 2 aromatic rings. The molecule has 1 aromatic heterocycles. The van der Waals surface area contributed by atoms with Crippen molar-refractivity contribution in [3.8, 4) is 0 Å². The monoisotopic (exact) mass is 412 g/mol. The van der Waals surface area contributed by atoms with Gasteiger partial charge in [-0.1, -0.05) is 23.3 Å². The molecule has 1 saturated heterocycles. The molecule has 10 heteroatoms. The smallest absolute Gasteiger partial charge is 0.338 e. The first kappa shape index (κ1) is 21.3. The Kier molecular flexibility index (Phi) is 6.97. The van der Waals surface area contributed by atoms with Crippen molar-refractivity contribution in [2.24, 2.45) is 16.8 Å². The van der Waals surface area contributed by atoms with E-state index >= 15 is 0 Å². The number of amides is 1. The maximum Gasteiger partial charge on any atom is 0.338 e. The Labute approximate surface area is 172 Å². The summed E-state index contributed by atoms with van der Waals surface area (Å²) < 4.78 is 13.3. The number of rotatable bonds is 8. The van der Waals surface area contributed by atoms with E-state index in [1.165, 1.54) is 6.20 Å². The topological polar surface area (TPSA) is 151 Å². The van der Waals surface area contributed by atoms with E-state index in [-0.39, 0.29) is 18.7 Å². The average Bonchev–Trinajstić information content (AvgIpc) is 3.12. The summed E-state index contributed by atoms with van der Waals surface area (Å²) >= 11 is 0. The van der Waals surface area contributed by atoms with Crippen LogP contribution in [0.2, 0.25) is 0 Å². The van der Waals surface area contributed by atoms with E-state index in [0.29, 0.717) is 12.0 Å². The van der Waals surface area contributed by atoms with Crippen LogP contribution >= 0.6 is 0 Å². The summed E-state index contributed by atoms with van der Waals surface area (Å²) in [6.45, 7) is -0.230. The minimum Gasteiger partial charge on any atom is -0.455 e. The maximum absolute atomic E-state index is 12.6. The number of nitrogens with two attached hydrogens (primary N) is 1. The van der Waals surface area contributed by atoms with Crippen LogP contribution in [-0.2, 0) is 9.47 Å². The summed E-state index contributed by atoms with van der Waals surface area (Å²) in [5.74, 6) is -1.58. The van der Waals surface area contributed by atoms with Gasteiger partial charge in [0, 0.05) is 17.5 Å². The number of primary amides is 1. The number of carbonyl (C=O) groups excluding carboxylic acids is 2. The number of aromatic nitrogens is 1. The van der Waals surface area contributed by atoms with Gasteiger partial charge in [0.05, 0.1) is 18.1 Å². The number of aliphatic hydroxyl groups is 1. The molecule has 2 heterocycles. The van der Waals surface area contributed by atoms with Crippen LogP contribution in [-0.4, -0.2) is 42.3 Å². The van der Waals surface area contributed by atoms with E-state index < -0.39 is 36.2 Å². The van der Waals surface area contributed by atoms with Crippen LogP contribution in [0.4, 0.5) is 0 Å². The standard InChI is InChI=1S/C20H21N5O5/c21-18(27)14-7-4-10-25(11-14)19-15(8-9-23-24-22)17(16(12-26)29-19)30-20(28)13-5-2-1-3-6-13/h1-7,10-11,15-17,19,26H,8-9,12H2,(H-,21,27)/p+1/t15-,16-,17+,19-/m1/s1. The Balaban J connectivity index is 1.91. The van der Waals surface area contributed by atoms with Gasteiger partial charge in [-0.05, 0) is 30.2 Å². The van der Waals surface area contributed by atoms with Gasteiger partial charge < -0.3 is 20.3 Å². The summed E-state index contributed by atoms with van der Waals surface area (Å²) in [5, 5.41) is 13.4. The van der Waals surface area contributed by atoms with Gasteiger partial charge in [0.2, 0.25) is 0 Å². The molecular weight excluding hydrogens is 390 g/mol. The molecule has 10 nitrogen and oxygen atoms in total. The molecule has 1 amide bonds. The van der Waals surface area contributed by atoms with Crippen LogP contribution in [0.3, 0.4) is 0 Å². The van der Waals surface area contributed by atoms with E-state index in [1.807, 2.05) is 0 Å². The molecule has 1 aliphatic rings. The van der Waals surface area contributed by atoms with Crippen molar-refractivity contribution >= 4 is 11.9 Å². The number of hydrogen-bond donors (Lipinski definition) is 2. The zero-order chi connectivity index (χ0) is 21.5. The van der Waals surface area contributed by atoms with Gasteiger partial charge >= 0.3 is 5.97 Å². The number of ether oxygens (including phenoxy) is 2. The van der Waals surface area contributed by atoms with Crippen molar-refractivity contribution in [2.75, 3.05) is 13.2 Å². The summed E-state index contributed by atoms with van der Waals surface area (Å²) in [6.07, 6.45) is 1.32. The molecule has 0 bridgehead atoms. The van der Waals surface area contributed by atoms with Gasteiger partial charge in [-0.15, -0.1) is 0 Å². The largest absolute Gasteiger partial charge is 0.455 e. The fraction of sp³-hybridized carbons (Fsp3) is 0.350.